The molecule has 0 fully saturated rings. The lowest BCUT2D eigenvalue weighted by Crippen LogP contribution is -2.27. The van der Waals surface area contributed by atoms with Crippen molar-refractivity contribution in [3.63, 3.8) is 0 Å². The lowest BCUT2D eigenvalue weighted by Gasteiger charge is -2.12. The molecule has 5 rings (SSSR count). The maximum absolute atomic E-state index is 13.3. The predicted molar refractivity (Wildman–Crippen MR) is 142 cm³/mol. The second-order valence-corrected chi connectivity index (χ2v) is 8.79. The molecule has 0 aliphatic carbocycles. The van der Waals surface area contributed by atoms with Crippen LogP contribution in [0.2, 0.25) is 0 Å². The average molecular weight is 499 g/mol. The molecule has 36 heavy (non-hydrogen) atoms. The molecule has 3 N–H and O–H groups in total. The summed E-state index contributed by atoms with van der Waals surface area (Å²) in [6.07, 6.45) is 2.01. The van der Waals surface area contributed by atoms with Crippen LogP contribution >= 0.6 is 11.6 Å². The first-order chi connectivity index (χ1) is 17.5. The summed E-state index contributed by atoms with van der Waals surface area (Å²) in [5.74, 6) is -0.120. The van der Waals surface area contributed by atoms with Crippen molar-refractivity contribution in [2.45, 2.75) is 18.3 Å². The quantitative estimate of drug-likeness (QED) is 0.345. The highest BCUT2D eigenvalue weighted by atomic mass is 35.5. The number of alkyl halides is 1. The number of rotatable bonds is 6. The van der Waals surface area contributed by atoms with Gasteiger partial charge in [-0.05, 0) is 46.2 Å². The zero-order valence-corrected chi connectivity index (χ0v) is 20.0. The lowest BCUT2D eigenvalue weighted by atomic mass is 9.99. The number of hydrogen-bond donors (Lipinski definition) is 3. The van der Waals surface area contributed by atoms with Crippen LogP contribution < -0.4 is 10.6 Å². The number of pyridine rings is 1. The van der Waals surface area contributed by atoms with Gasteiger partial charge in [-0.3, -0.25) is 14.6 Å². The Hall–Kier alpha value is -4.07. The van der Waals surface area contributed by atoms with Gasteiger partial charge in [0, 0.05) is 29.6 Å². The van der Waals surface area contributed by atoms with E-state index >= 15 is 0 Å². The zero-order chi connectivity index (χ0) is 25.1. The summed E-state index contributed by atoms with van der Waals surface area (Å²) in [4.78, 5) is 34.0. The highest BCUT2D eigenvalue weighted by Gasteiger charge is 2.26. The summed E-state index contributed by atoms with van der Waals surface area (Å²) >= 11 is 6.10. The normalized spacial score (nSPS) is 15.0. The average Bonchev–Trinajstić information content (AvgIpc) is 3.04. The Bertz CT molecular complexity index is 1480. The second-order valence-electron chi connectivity index (χ2n) is 8.52. The molecule has 1 aromatic heterocycles. The van der Waals surface area contributed by atoms with Gasteiger partial charge >= 0.3 is 0 Å². The molecule has 2 heterocycles. The first-order valence-corrected chi connectivity index (χ1v) is 12.0. The number of halogens is 1. The number of carbonyl (C=O) groups is 2. The molecule has 4 aromatic rings. The van der Waals surface area contributed by atoms with Crippen molar-refractivity contribution in [2.24, 2.45) is 4.99 Å². The summed E-state index contributed by atoms with van der Waals surface area (Å²) < 4.78 is 0. The van der Waals surface area contributed by atoms with Gasteiger partial charge in [0.15, 0.2) is 0 Å². The Morgan fingerprint density at radius 1 is 1.00 bits per heavy atom. The van der Waals surface area contributed by atoms with Crippen LogP contribution in [0.25, 0.3) is 10.8 Å². The number of aliphatic hydroxyl groups excluding tert-OH is 1. The largest absolute Gasteiger partial charge is 0.387 e. The topological polar surface area (TPSA) is 104 Å². The number of aliphatic imine (C=N–C) groups is 1. The molecule has 0 saturated carbocycles. The van der Waals surface area contributed by atoms with E-state index in [1.807, 2.05) is 42.5 Å². The maximum atomic E-state index is 13.3. The van der Waals surface area contributed by atoms with E-state index in [1.54, 1.807) is 18.3 Å². The summed E-state index contributed by atoms with van der Waals surface area (Å²) in [6.45, 7) is -0.630. The van der Waals surface area contributed by atoms with E-state index in [9.17, 15) is 9.59 Å². The third kappa shape index (κ3) is 4.98. The van der Waals surface area contributed by atoms with Crippen LogP contribution in [0.5, 0.6) is 0 Å². The van der Waals surface area contributed by atoms with E-state index in [0.717, 1.165) is 27.5 Å². The molecule has 7 nitrogen and oxygen atoms in total. The minimum atomic E-state index is -0.665. The van der Waals surface area contributed by atoms with Gasteiger partial charge < -0.3 is 15.7 Å². The lowest BCUT2D eigenvalue weighted by molar-refractivity contribution is -0.119. The molecular weight excluding hydrogens is 476 g/mol. The van der Waals surface area contributed by atoms with Gasteiger partial charge in [0.2, 0.25) is 5.91 Å². The zero-order valence-electron chi connectivity index (χ0n) is 19.2. The Kier molecular flexibility index (Phi) is 6.75. The molecule has 2 amide bonds. The summed E-state index contributed by atoms with van der Waals surface area (Å²) in [6, 6.07) is 22.6. The second kappa shape index (κ2) is 10.3. The third-order valence-corrected chi connectivity index (χ3v) is 6.34. The third-order valence-electron chi connectivity index (χ3n) is 6.03. The van der Waals surface area contributed by atoms with Crippen molar-refractivity contribution >= 4 is 51.4 Å². The number of carbonyl (C=O) groups excluding carboxylic acids is 2. The van der Waals surface area contributed by atoms with Crippen molar-refractivity contribution in [2.75, 3.05) is 17.2 Å². The summed E-state index contributed by atoms with van der Waals surface area (Å²) in [7, 11) is 0. The summed E-state index contributed by atoms with van der Waals surface area (Å²) in [5.41, 5.74) is 4.58. The molecular formula is C28H23ClN4O3. The SMILES string of the molecule is O=C(CO)Nc1ccc(C2=NC(Cc3ccc4ccccc4c3)C(=O)Nc3ccc(CCl)cc32)cn1. The number of nitrogens with one attached hydrogen (secondary N) is 2. The van der Waals surface area contributed by atoms with Gasteiger partial charge in [0.1, 0.15) is 18.5 Å². The van der Waals surface area contributed by atoms with Crippen LogP contribution in [0.15, 0.2) is 84.0 Å². The maximum Gasteiger partial charge on any atom is 0.251 e. The molecule has 1 aliphatic heterocycles. The molecule has 8 heteroatoms. The van der Waals surface area contributed by atoms with Gasteiger partial charge in [0.05, 0.1) is 11.4 Å². The van der Waals surface area contributed by atoms with Gasteiger partial charge in [-0.1, -0.05) is 48.5 Å². The van der Waals surface area contributed by atoms with Crippen molar-refractivity contribution in [1.82, 2.24) is 4.98 Å². The van der Waals surface area contributed by atoms with E-state index in [4.69, 9.17) is 21.7 Å². The number of fused-ring (bicyclic) bond motifs is 2. The number of aliphatic hydroxyl groups is 1. The molecule has 0 spiro atoms. The Morgan fingerprint density at radius 3 is 2.56 bits per heavy atom. The molecule has 0 radical (unpaired) electrons. The van der Waals surface area contributed by atoms with Gasteiger partial charge in [-0.2, -0.15) is 0 Å². The smallest absolute Gasteiger partial charge is 0.251 e. The molecule has 1 atom stereocenters. The first-order valence-electron chi connectivity index (χ1n) is 11.5. The number of benzene rings is 3. The molecule has 1 unspecified atom stereocenters. The van der Waals surface area contributed by atoms with E-state index in [1.165, 1.54) is 0 Å². The Balaban J connectivity index is 1.55. The van der Waals surface area contributed by atoms with E-state index < -0.39 is 18.6 Å². The highest BCUT2D eigenvalue weighted by Crippen LogP contribution is 2.28. The van der Waals surface area contributed by atoms with Crippen LogP contribution in [0.3, 0.4) is 0 Å². The number of nitrogens with zero attached hydrogens (tertiary/aromatic N) is 2. The monoisotopic (exact) mass is 498 g/mol. The Morgan fingerprint density at radius 2 is 1.81 bits per heavy atom. The first kappa shape index (κ1) is 23.7. The van der Waals surface area contributed by atoms with Gasteiger partial charge in [-0.25, -0.2) is 4.98 Å². The van der Waals surface area contributed by atoms with E-state index in [2.05, 4.69) is 33.8 Å². The van der Waals surface area contributed by atoms with Crippen LogP contribution in [0.4, 0.5) is 11.5 Å². The number of aromatic nitrogens is 1. The molecule has 0 bridgehead atoms. The van der Waals surface area contributed by atoms with E-state index in [0.29, 0.717) is 35.1 Å². The molecule has 0 saturated heterocycles. The van der Waals surface area contributed by atoms with Crippen LogP contribution in [-0.4, -0.2) is 40.3 Å². The number of anilines is 2. The van der Waals surface area contributed by atoms with E-state index in [-0.39, 0.29) is 5.91 Å². The van der Waals surface area contributed by atoms with Crippen LogP contribution in [0.1, 0.15) is 22.3 Å². The van der Waals surface area contributed by atoms with Crippen LogP contribution in [-0.2, 0) is 21.9 Å². The molecule has 1 aliphatic rings. The molecule has 3 aromatic carbocycles. The minimum Gasteiger partial charge on any atom is -0.387 e. The van der Waals surface area contributed by atoms with Crippen molar-refractivity contribution in [3.8, 4) is 0 Å². The number of benzodiazepines with no additional fused rings is 1. The highest BCUT2D eigenvalue weighted by molar-refractivity contribution is 6.20. The fraction of sp³-hybridized carbons (Fsp3) is 0.143. The summed E-state index contributed by atoms with van der Waals surface area (Å²) in [5, 5.41) is 16.7. The van der Waals surface area contributed by atoms with Crippen LogP contribution in [0, 0.1) is 0 Å². The number of hydrogen-bond acceptors (Lipinski definition) is 5. The van der Waals surface area contributed by atoms with Crippen molar-refractivity contribution in [3.05, 3.63) is 101 Å². The number of amides is 2. The fourth-order valence-corrected chi connectivity index (χ4v) is 4.39. The Labute approximate surface area is 212 Å². The minimum absolute atomic E-state index is 0.196. The predicted octanol–water partition coefficient (Wildman–Crippen LogP) is 4.31. The molecule has 180 valence electrons. The van der Waals surface area contributed by atoms with Gasteiger partial charge in [0.25, 0.3) is 5.91 Å². The van der Waals surface area contributed by atoms with Crippen molar-refractivity contribution < 1.29 is 14.7 Å². The standard InChI is InChI=1S/C28H23ClN4O3/c29-14-18-6-9-23-22(12-18)27(21-8-10-25(30-15-21)33-26(35)16-34)31-24(28(36)32-23)13-17-5-7-19-3-1-2-4-20(19)11-17/h1-12,15,24,34H,13-14,16H2,(H,32,36)(H,30,33,35). The van der Waals surface area contributed by atoms with Gasteiger partial charge in [-0.15, -0.1) is 11.6 Å². The fourth-order valence-electron chi connectivity index (χ4n) is 4.23. The van der Waals surface area contributed by atoms with Crippen molar-refractivity contribution in [1.29, 1.82) is 0 Å².